The number of anilines is 1. The zero-order chi connectivity index (χ0) is 13.3. The number of carbonyl (C=O) groups excluding carboxylic acids is 1. The van der Waals surface area contributed by atoms with Gasteiger partial charge in [-0.2, -0.15) is 0 Å². The van der Waals surface area contributed by atoms with Crippen LogP contribution in [-0.4, -0.2) is 32.8 Å². The van der Waals surface area contributed by atoms with Crippen LogP contribution < -0.4 is 4.90 Å². The SMILES string of the molecule is CCOC(=O)C1OC1(C)c1ccc(N(C)C)cc1. The van der Waals surface area contributed by atoms with Crippen LogP contribution >= 0.6 is 0 Å². The number of rotatable bonds is 4. The number of epoxide rings is 1. The van der Waals surface area contributed by atoms with E-state index in [9.17, 15) is 4.79 Å². The van der Waals surface area contributed by atoms with Gasteiger partial charge in [-0.25, -0.2) is 4.79 Å². The molecule has 4 heteroatoms. The van der Waals surface area contributed by atoms with Gasteiger partial charge in [0.05, 0.1) is 6.61 Å². The van der Waals surface area contributed by atoms with Gasteiger partial charge in [0.15, 0.2) is 6.10 Å². The van der Waals surface area contributed by atoms with Crippen LogP contribution in [0.5, 0.6) is 0 Å². The summed E-state index contributed by atoms with van der Waals surface area (Å²) in [7, 11) is 3.98. The van der Waals surface area contributed by atoms with Gasteiger partial charge in [0.2, 0.25) is 0 Å². The Morgan fingerprint density at radius 2 is 2.00 bits per heavy atom. The van der Waals surface area contributed by atoms with Gasteiger partial charge in [-0.3, -0.25) is 0 Å². The summed E-state index contributed by atoms with van der Waals surface area (Å²) < 4.78 is 10.5. The molecule has 1 aliphatic rings. The van der Waals surface area contributed by atoms with Crippen LogP contribution in [0.2, 0.25) is 0 Å². The predicted octanol–water partition coefficient (Wildman–Crippen LogP) is 1.93. The maximum atomic E-state index is 11.6. The van der Waals surface area contributed by atoms with Gasteiger partial charge in [-0.15, -0.1) is 0 Å². The Kier molecular flexibility index (Phi) is 3.30. The zero-order valence-electron chi connectivity index (χ0n) is 11.3. The first-order valence-corrected chi connectivity index (χ1v) is 6.11. The molecule has 1 aromatic rings. The molecule has 2 unspecified atom stereocenters. The lowest BCUT2D eigenvalue weighted by Gasteiger charge is -2.14. The Morgan fingerprint density at radius 1 is 1.39 bits per heavy atom. The molecule has 98 valence electrons. The summed E-state index contributed by atoms with van der Waals surface area (Å²) in [5.74, 6) is -0.281. The van der Waals surface area contributed by atoms with E-state index in [1.54, 1.807) is 6.92 Å². The molecule has 0 bridgehead atoms. The van der Waals surface area contributed by atoms with Crippen molar-refractivity contribution in [2.24, 2.45) is 0 Å². The molecule has 18 heavy (non-hydrogen) atoms. The van der Waals surface area contributed by atoms with Crippen molar-refractivity contribution in [1.29, 1.82) is 0 Å². The maximum absolute atomic E-state index is 11.6. The second-order valence-corrected chi connectivity index (χ2v) is 4.80. The summed E-state index contributed by atoms with van der Waals surface area (Å²) in [6.45, 7) is 4.09. The number of hydrogen-bond donors (Lipinski definition) is 0. The molecule has 0 saturated carbocycles. The molecule has 0 aromatic heterocycles. The quantitative estimate of drug-likeness (QED) is 0.604. The lowest BCUT2D eigenvalue weighted by atomic mass is 9.97. The van der Waals surface area contributed by atoms with E-state index in [1.807, 2.05) is 50.2 Å². The second kappa shape index (κ2) is 4.61. The van der Waals surface area contributed by atoms with Gasteiger partial charge in [0.25, 0.3) is 0 Å². The third kappa shape index (κ3) is 2.20. The molecular formula is C14H19NO3. The van der Waals surface area contributed by atoms with Crippen molar-refractivity contribution < 1.29 is 14.3 Å². The first kappa shape index (κ1) is 12.9. The minimum absolute atomic E-state index is 0.281. The first-order valence-electron chi connectivity index (χ1n) is 6.11. The highest BCUT2D eigenvalue weighted by molar-refractivity contribution is 5.79. The molecule has 1 aromatic carbocycles. The Hall–Kier alpha value is -1.55. The molecule has 1 saturated heterocycles. The number of esters is 1. The highest BCUT2D eigenvalue weighted by Crippen LogP contribution is 2.46. The monoisotopic (exact) mass is 249 g/mol. The Bertz CT molecular complexity index is 441. The Morgan fingerprint density at radius 3 is 2.50 bits per heavy atom. The zero-order valence-corrected chi connectivity index (χ0v) is 11.3. The van der Waals surface area contributed by atoms with Gasteiger partial charge in [-0.1, -0.05) is 12.1 Å². The van der Waals surface area contributed by atoms with Crippen molar-refractivity contribution in [3.8, 4) is 0 Å². The van der Waals surface area contributed by atoms with Crippen LogP contribution in [0.1, 0.15) is 19.4 Å². The van der Waals surface area contributed by atoms with Crippen molar-refractivity contribution in [3.05, 3.63) is 29.8 Å². The van der Waals surface area contributed by atoms with Gasteiger partial charge in [0.1, 0.15) is 5.60 Å². The number of carbonyl (C=O) groups is 1. The minimum atomic E-state index is -0.531. The smallest absolute Gasteiger partial charge is 0.338 e. The summed E-state index contributed by atoms with van der Waals surface area (Å²) in [4.78, 5) is 13.6. The standard InChI is InChI=1S/C14H19NO3/c1-5-17-13(16)12-14(2,18-12)10-6-8-11(9-7-10)15(3)4/h6-9,12H,5H2,1-4H3. The molecule has 0 spiro atoms. The third-order valence-electron chi connectivity index (χ3n) is 3.26. The topological polar surface area (TPSA) is 42.1 Å². The number of hydrogen-bond acceptors (Lipinski definition) is 4. The van der Waals surface area contributed by atoms with E-state index >= 15 is 0 Å². The number of benzene rings is 1. The maximum Gasteiger partial charge on any atom is 0.338 e. The normalized spacial score (nSPS) is 25.7. The third-order valence-corrected chi connectivity index (χ3v) is 3.26. The average Bonchev–Trinajstić information content (AvgIpc) is 3.04. The van der Waals surface area contributed by atoms with Crippen LogP contribution in [0.4, 0.5) is 5.69 Å². The van der Waals surface area contributed by atoms with E-state index in [0.29, 0.717) is 6.61 Å². The fraction of sp³-hybridized carbons (Fsp3) is 0.500. The highest BCUT2D eigenvalue weighted by Gasteiger charge is 2.59. The van der Waals surface area contributed by atoms with Crippen LogP contribution in [0.25, 0.3) is 0 Å². The second-order valence-electron chi connectivity index (χ2n) is 4.80. The summed E-state index contributed by atoms with van der Waals surface area (Å²) in [6.07, 6.45) is -0.470. The van der Waals surface area contributed by atoms with E-state index in [1.165, 1.54) is 0 Å². The predicted molar refractivity (Wildman–Crippen MR) is 69.6 cm³/mol. The van der Waals surface area contributed by atoms with Crippen LogP contribution in [0, 0.1) is 0 Å². The molecule has 1 heterocycles. The number of nitrogens with zero attached hydrogens (tertiary/aromatic N) is 1. The molecular weight excluding hydrogens is 230 g/mol. The van der Waals surface area contributed by atoms with Gasteiger partial charge in [0, 0.05) is 19.8 Å². The van der Waals surface area contributed by atoms with Crippen molar-refractivity contribution in [2.75, 3.05) is 25.6 Å². The summed E-state index contributed by atoms with van der Waals surface area (Å²) in [5, 5.41) is 0. The molecule has 1 aliphatic heterocycles. The molecule has 0 aliphatic carbocycles. The van der Waals surface area contributed by atoms with Crippen LogP contribution in [0.15, 0.2) is 24.3 Å². The Labute approximate surface area is 107 Å². The van der Waals surface area contributed by atoms with Crippen molar-refractivity contribution in [2.45, 2.75) is 25.6 Å². The molecule has 1 fully saturated rings. The highest BCUT2D eigenvalue weighted by atomic mass is 16.7. The van der Waals surface area contributed by atoms with Crippen molar-refractivity contribution >= 4 is 11.7 Å². The molecule has 0 N–H and O–H groups in total. The van der Waals surface area contributed by atoms with Gasteiger partial charge < -0.3 is 14.4 Å². The van der Waals surface area contributed by atoms with E-state index in [4.69, 9.17) is 9.47 Å². The van der Waals surface area contributed by atoms with E-state index in [0.717, 1.165) is 11.3 Å². The van der Waals surface area contributed by atoms with Crippen LogP contribution in [0.3, 0.4) is 0 Å². The van der Waals surface area contributed by atoms with Crippen molar-refractivity contribution in [1.82, 2.24) is 0 Å². The fourth-order valence-corrected chi connectivity index (χ4v) is 2.01. The largest absolute Gasteiger partial charge is 0.464 e. The fourth-order valence-electron chi connectivity index (χ4n) is 2.01. The minimum Gasteiger partial charge on any atom is -0.464 e. The van der Waals surface area contributed by atoms with Crippen LogP contribution in [-0.2, 0) is 19.9 Å². The van der Waals surface area contributed by atoms with E-state index in [2.05, 4.69) is 0 Å². The molecule has 0 radical (unpaired) electrons. The van der Waals surface area contributed by atoms with E-state index in [-0.39, 0.29) is 5.97 Å². The van der Waals surface area contributed by atoms with E-state index < -0.39 is 11.7 Å². The molecule has 2 rings (SSSR count). The molecule has 0 amide bonds. The summed E-state index contributed by atoms with van der Waals surface area (Å²) in [6, 6.07) is 8.03. The number of ether oxygens (including phenoxy) is 2. The average molecular weight is 249 g/mol. The molecule has 4 nitrogen and oxygen atoms in total. The first-order chi connectivity index (χ1) is 8.49. The lowest BCUT2D eigenvalue weighted by molar-refractivity contribution is -0.144. The summed E-state index contributed by atoms with van der Waals surface area (Å²) >= 11 is 0. The van der Waals surface area contributed by atoms with Gasteiger partial charge in [-0.05, 0) is 31.5 Å². The van der Waals surface area contributed by atoms with Crippen molar-refractivity contribution in [3.63, 3.8) is 0 Å². The lowest BCUT2D eigenvalue weighted by Crippen LogP contribution is -2.19. The molecule has 2 atom stereocenters. The Balaban J connectivity index is 2.11. The summed E-state index contributed by atoms with van der Waals surface area (Å²) in [5.41, 5.74) is 1.60. The van der Waals surface area contributed by atoms with Gasteiger partial charge >= 0.3 is 5.97 Å².